The number of carbonyl (C=O) groups excluding carboxylic acids is 4. The van der Waals surface area contributed by atoms with Crippen molar-refractivity contribution in [3.05, 3.63) is 55.4 Å². The van der Waals surface area contributed by atoms with Crippen molar-refractivity contribution in [3.8, 4) is 0 Å². The van der Waals surface area contributed by atoms with Crippen LogP contribution < -0.4 is 5.32 Å². The van der Waals surface area contributed by atoms with Gasteiger partial charge in [-0.05, 0) is 39.3 Å². The summed E-state index contributed by atoms with van der Waals surface area (Å²) < 4.78 is 14.9. The monoisotopic (exact) mass is 478 g/mol. The number of nitro benzene ring substituents is 1. The summed E-state index contributed by atoms with van der Waals surface area (Å²) >= 11 is 0.831. The van der Waals surface area contributed by atoms with Gasteiger partial charge in [0.05, 0.1) is 29.3 Å². The van der Waals surface area contributed by atoms with Crippen LogP contribution in [-0.2, 0) is 19.0 Å². The first-order valence-electron chi connectivity index (χ1n) is 9.80. The minimum Gasteiger partial charge on any atom is -0.462 e. The van der Waals surface area contributed by atoms with Gasteiger partial charge in [0.2, 0.25) is 0 Å². The minimum absolute atomic E-state index is 0.00117. The third-order valence-electron chi connectivity index (χ3n) is 4.32. The summed E-state index contributed by atoms with van der Waals surface area (Å²) in [5, 5.41) is 13.5. The van der Waals surface area contributed by atoms with Crippen molar-refractivity contribution in [2.75, 3.05) is 25.1 Å². The molecule has 2 rings (SSSR count). The van der Waals surface area contributed by atoms with E-state index in [1.807, 2.05) is 0 Å². The molecule has 1 N–H and O–H groups in total. The van der Waals surface area contributed by atoms with E-state index in [2.05, 4.69) is 5.32 Å². The number of ether oxygens (including phenoxy) is 3. The number of nitrogens with one attached hydrogen (secondary N) is 1. The predicted octanol–water partition coefficient (Wildman–Crippen LogP) is 3.42. The summed E-state index contributed by atoms with van der Waals surface area (Å²) in [7, 11) is 0. The van der Waals surface area contributed by atoms with Gasteiger partial charge in [0.1, 0.15) is 9.88 Å². The summed E-state index contributed by atoms with van der Waals surface area (Å²) in [6, 6.07) is 3.80. The smallest absolute Gasteiger partial charge is 0.348 e. The molecule has 1 aromatic carbocycles. The molecule has 0 saturated heterocycles. The van der Waals surface area contributed by atoms with Gasteiger partial charge in [-0.15, -0.1) is 11.3 Å². The maximum Gasteiger partial charge on any atom is 0.348 e. The van der Waals surface area contributed by atoms with Crippen LogP contribution in [0.2, 0.25) is 0 Å². The number of aryl methyl sites for hydroxylation is 1. The SMILES string of the molecule is CCOC(=O)c1sc(NC(=O)COC(=O)c2ccc(C)c([N+](=O)[O-])c2)c(C(=O)OCC)c1C. The normalized spacial score (nSPS) is 10.3. The Morgan fingerprint density at radius 1 is 1.00 bits per heavy atom. The zero-order valence-corrected chi connectivity index (χ0v) is 19.2. The molecule has 0 radical (unpaired) electrons. The van der Waals surface area contributed by atoms with E-state index in [1.165, 1.54) is 26.0 Å². The van der Waals surface area contributed by atoms with Crippen molar-refractivity contribution in [1.29, 1.82) is 0 Å². The van der Waals surface area contributed by atoms with Gasteiger partial charge in [-0.1, -0.05) is 6.07 Å². The highest BCUT2D eigenvalue weighted by molar-refractivity contribution is 7.18. The Labute approximate surface area is 192 Å². The first kappa shape index (κ1) is 25.5. The number of thiophene rings is 1. The maximum atomic E-state index is 12.4. The average molecular weight is 478 g/mol. The molecule has 176 valence electrons. The van der Waals surface area contributed by atoms with Crippen LogP contribution in [0.5, 0.6) is 0 Å². The number of esters is 3. The molecule has 0 atom stereocenters. The van der Waals surface area contributed by atoms with Crippen LogP contribution in [0.25, 0.3) is 0 Å². The largest absolute Gasteiger partial charge is 0.462 e. The van der Waals surface area contributed by atoms with Crippen LogP contribution in [0.3, 0.4) is 0 Å². The topological polar surface area (TPSA) is 151 Å². The zero-order valence-electron chi connectivity index (χ0n) is 18.4. The Morgan fingerprint density at radius 3 is 2.24 bits per heavy atom. The molecular formula is C21H22N2O9S. The predicted molar refractivity (Wildman–Crippen MR) is 118 cm³/mol. The number of amides is 1. The van der Waals surface area contributed by atoms with E-state index in [-0.39, 0.29) is 45.5 Å². The molecule has 0 spiro atoms. The second kappa shape index (κ2) is 11.2. The lowest BCUT2D eigenvalue weighted by molar-refractivity contribution is -0.385. The third-order valence-corrected chi connectivity index (χ3v) is 5.50. The van der Waals surface area contributed by atoms with Gasteiger partial charge in [0.15, 0.2) is 6.61 Å². The molecule has 0 aliphatic heterocycles. The molecule has 0 bridgehead atoms. The lowest BCUT2D eigenvalue weighted by Crippen LogP contribution is -2.22. The highest BCUT2D eigenvalue weighted by Crippen LogP contribution is 2.34. The molecule has 1 heterocycles. The van der Waals surface area contributed by atoms with Crippen molar-refractivity contribution in [1.82, 2.24) is 0 Å². The first-order chi connectivity index (χ1) is 15.6. The second-order valence-electron chi connectivity index (χ2n) is 6.58. The molecule has 0 saturated carbocycles. The van der Waals surface area contributed by atoms with Crippen LogP contribution in [-0.4, -0.2) is 48.6 Å². The van der Waals surface area contributed by atoms with E-state index in [4.69, 9.17) is 14.2 Å². The Bertz CT molecular complexity index is 1110. The van der Waals surface area contributed by atoms with Crippen LogP contribution in [0.1, 0.15) is 55.4 Å². The van der Waals surface area contributed by atoms with E-state index in [9.17, 15) is 29.3 Å². The summed E-state index contributed by atoms with van der Waals surface area (Å²) in [6.45, 7) is 5.76. The van der Waals surface area contributed by atoms with Crippen LogP contribution in [0.4, 0.5) is 10.7 Å². The van der Waals surface area contributed by atoms with Crippen LogP contribution >= 0.6 is 11.3 Å². The fourth-order valence-electron chi connectivity index (χ4n) is 2.75. The second-order valence-corrected chi connectivity index (χ2v) is 7.60. The molecule has 0 fully saturated rings. The van der Waals surface area contributed by atoms with E-state index in [1.54, 1.807) is 13.8 Å². The van der Waals surface area contributed by atoms with Crippen molar-refractivity contribution in [3.63, 3.8) is 0 Å². The molecule has 11 nitrogen and oxygen atoms in total. The molecule has 0 aliphatic rings. The van der Waals surface area contributed by atoms with E-state index in [0.717, 1.165) is 17.4 Å². The lowest BCUT2D eigenvalue weighted by atomic mass is 10.1. The quantitative estimate of drug-likeness (QED) is 0.247. The number of rotatable bonds is 9. The van der Waals surface area contributed by atoms with Crippen LogP contribution in [0, 0.1) is 24.0 Å². The van der Waals surface area contributed by atoms with E-state index < -0.39 is 35.3 Å². The van der Waals surface area contributed by atoms with Crippen molar-refractivity contribution in [2.24, 2.45) is 0 Å². The van der Waals surface area contributed by atoms with E-state index in [0.29, 0.717) is 5.56 Å². The number of carbonyl (C=O) groups is 4. The Kier molecular flexibility index (Phi) is 8.63. The molecule has 0 unspecified atom stereocenters. The molecule has 1 amide bonds. The lowest BCUT2D eigenvalue weighted by Gasteiger charge is -2.08. The molecule has 12 heteroatoms. The standard InChI is InChI=1S/C21H22N2O9S/c1-5-30-20(26)16-12(4)17(21(27)31-6-2)33-18(16)22-15(24)10-32-19(25)13-8-7-11(3)14(9-13)23(28)29/h7-9H,5-6,10H2,1-4H3,(H,22,24). The summed E-state index contributed by atoms with van der Waals surface area (Å²) in [6.07, 6.45) is 0. The fourth-order valence-corrected chi connectivity index (χ4v) is 3.86. The third kappa shape index (κ3) is 6.13. The van der Waals surface area contributed by atoms with Gasteiger partial charge < -0.3 is 19.5 Å². The van der Waals surface area contributed by atoms with Gasteiger partial charge in [-0.2, -0.15) is 0 Å². The van der Waals surface area contributed by atoms with Crippen molar-refractivity contribution < 1.29 is 38.3 Å². The van der Waals surface area contributed by atoms with Crippen LogP contribution in [0.15, 0.2) is 18.2 Å². The fraction of sp³-hybridized carbons (Fsp3) is 0.333. The number of hydrogen-bond donors (Lipinski definition) is 1. The van der Waals surface area contributed by atoms with Crippen molar-refractivity contribution >= 4 is 45.8 Å². The van der Waals surface area contributed by atoms with Crippen molar-refractivity contribution in [2.45, 2.75) is 27.7 Å². The number of nitro groups is 1. The molecule has 0 aliphatic carbocycles. The zero-order chi connectivity index (χ0) is 24.7. The van der Waals surface area contributed by atoms with Gasteiger partial charge in [-0.3, -0.25) is 14.9 Å². The van der Waals surface area contributed by atoms with Gasteiger partial charge in [0.25, 0.3) is 11.6 Å². The number of hydrogen-bond acceptors (Lipinski definition) is 10. The first-order valence-corrected chi connectivity index (χ1v) is 10.6. The maximum absolute atomic E-state index is 12.4. The van der Waals surface area contributed by atoms with E-state index >= 15 is 0 Å². The van der Waals surface area contributed by atoms with Gasteiger partial charge >= 0.3 is 17.9 Å². The highest BCUT2D eigenvalue weighted by atomic mass is 32.1. The molecule has 2 aromatic rings. The molecular weight excluding hydrogens is 456 g/mol. The average Bonchev–Trinajstić information content (AvgIpc) is 3.08. The van der Waals surface area contributed by atoms with Gasteiger partial charge in [-0.25, -0.2) is 14.4 Å². The number of nitrogens with zero attached hydrogens (tertiary/aromatic N) is 1. The highest BCUT2D eigenvalue weighted by Gasteiger charge is 2.27. The number of anilines is 1. The summed E-state index contributed by atoms with van der Waals surface area (Å²) in [4.78, 5) is 59.7. The van der Waals surface area contributed by atoms with Gasteiger partial charge in [0, 0.05) is 11.6 Å². The summed E-state index contributed by atoms with van der Waals surface area (Å²) in [5.74, 6) is -3.11. The minimum atomic E-state index is -0.937. The summed E-state index contributed by atoms with van der Waals surface area (Å²) in [5.41, 5.74) is 0.304. The Morgan fingerprint density at radius 2 is 1.64 bits per heavy atom. The Hall–Kier alpha value is -3.80. The molecule has 1 aromatic heterocycles. The molecule has 33 heavy (non-hydrogen) atoms. The number of benzene rings is 1. The Balaban J connectivity index is 2.17.